The number of benzene rings is 1. The van der Waals surface area contributed by atoms with E-state index in [1.165, 1.54) is 6.08 Å². The van der Waals surface area contributed by atoms with Crippen molar-refractivity contribution in [2.45, 2.75) is 0 Å². The number of anilines is 2. The summed E-state index contributed by atoms with van der Waals surface area (Å²) in [5.41, 5.74) is 1.15. The quantitative estimate of drug-likeness (QED) is 0.611. The van der Waals surface area contributed by atoms with E-state index in [0.717, 1.165) is 17.6 Å². The van der Waals surface area contributed by atoms with Crippen molar-refractivity contribution in [2.24, 2.45) is 0 Å². The van der Waals surface area contributed by atoms with Gasteiger partial charge in [0.2, 0.25) is 5.95 Å². The minimum absolute atomic E-state index is 0.0246. The van der Waals surface area contributed by atoms with Crippen molar-refractivity contribution in [3.05, 3.63) is 52.3 Å². The highest BCUT2D eigenvalue weighted by Crippen LogP contribution is 2.22. The van der Waals surface area contributed by atoms with Gasteiger partial charge in [0, 0.05) is 35.5 Å². The van der Waals surface area contributed by atoms with Gasteiger partial charge in [0.1, 0.15) is 11.6 Å². The average molecular weight is 414 g/mol. The zero-order valence-electron chi connectivity index (χ0n) is 13.9. The van der Waals surface area contributed by atoms with Gasteiger partial charge in [0.05, 0.1) is 18.9 Å². The molecular weight excluding hydrogens is 398 g/mol. The summed E-state index contributed by atoms with van der Waals surface area (Å²) in [6.45, 7) is 2.79. The van der Waals surface area contributed by atoms with Gasteiger partial charge in [-0.3, -0.25) is 4.79 Å². The zero-order chi connectivity index (χ0) is 18.4. The molecule has 7 nitrogen and oxygen atoms in total. The Kier molecular flexibility index (Phi) is 5.94. The number of hydrogen-bond donors (Lipinski definition) is 1. The molecule has 2 heterocycles. The minimum atomic E-state index is -0.489. The van der Waals surface area contributed by atoms with E-state index in [1.807, 2.05) is 23.1 Å². The molecule has 1 N–H and O–H groups in total. The van der Waals surface area contributed by atoms with E-state index in [1.54, 1.807) is 24.5 Å². The van der Waals surface area contributed by atoms with Gasteiger partial charge in [0.15, 0.2) is 0 Å². The van der Waals surface area contributed by atoms with E-state index in [0.29, 0.717) is 30.4 Å². The minimum Gasteiger partial charge on any atom is -0.378 e. The number of morpholine rings is 1. The highest BCUT2D eigenvalue weighted by Gasteiger charge is 2.14. The number of amides is 1. The molecule has 8 heteroatoms. The Balaban J connectivity index is 1.73. The maximum absolute atomic E-state index is 12.3. The maximum Gasteiger partial charge on any atom is 0.266 e. The first-order chi connectivity index (χ1) is 12.7. The first-order valence-corrected chi connectivity index (χ1v) is 8.79. The Morgan fingerprint density at radius 1 is 1.27 bits per heavy atom. The maximum atomic E-state index is 12.3. The fraction of sp³-hybridized carbons (Fsp3) is 0.222. The highest BCUT2D eigenvalue weighted by atomic mass is 79.9. The Labute approximate surface area is 159 Å². The Morgan fingerprint density at radius 3 is 2.62 bits per heavy atom. The van der Waals surface area contributed by atoms with Crippen LogP contribution in [0.25, 0.3) is 6.08 Å². The molecule has 1 saturated heterocycles. The molecule has 1 fully saturated rings. The monoisotopic (exact) mass is 413 g/mol. The van der Waals surface area contributed by atoms with Crippen LogP contribution in [0.15, 0.2) is 46.7 Å². The van der Waals surface area contributed by atoms with Crippen LogP contribution in [0.2, 0.25) is 0 Å². The van der Waals surface area contributed by atoms with Crippen molar-refractivity contribution in [1.29, 1.82) is 5.26 Å². The van der Waals surface area contributed by atoms with Crippen LogP contribution in [0.5, 0.6) is 0 Å². The summed E-state index contributed by atoms with van der Waals surface area (Å²) >= 11 is 3.36. The third-order valence-electron chi connectivity index (χ3n) is 3.75. The molecule has 26 heavy (non-hydrogen) atoms. The summed E-state index contributed by atoms with van der Waals surface area (Å²) in [5, 5.41) is 12.0. The van der Waals surface area contributed by atoms with Gasteiger partial charge in [0.25, 0.3) is 5.91 Å². The number of aromatic nitrogens is 2. The molecule has 1 aliphatic heterocycles. The van der Waals surface area contributed by atoms with Crippen LogP contribution in [-0.2, 0) is 9.53 Å². The van der Waals surface area contributed by atoms with Crippen molar-refractivity contribution in [1.82, 2.24) is 9.97 Å². The van der Waals surface area contributed by atoms with E-state index < -0.39 is 5.91 Å². The van der Waals surface area contributed by atoms with E-state index >= 15 is 0 Å². The van der Waals surface area contributed by atoms with E-state index in [9.17, 15) is 10.1 Å². The first kappa shape index (κ1) is 18.0. The standard InChI is InChI=1S/C18H16BrN5O2/c19-15-3-1-2-4-16(15)23-17(25)14(10-20)9-13-11-21-18(22-12-13)24-5-7-26-8-6-24/h1-4,9,11-12H,5-8H2,(H,23,25)/b14-9+. The number of hydrogen-bond acceptors (Lipinski definition) is 6. The number of ether oxygens (including phenoxy) is 1. The van der Waals surface area contributed by atoms with Gasteiger partial charge in [-0.1, -0.05) is 12.1 Å². The Bertz CT molecular complexity index is 855. The predicted molar refractivity (Wildman–Crippen MR) is 101 cm³/mol. The molecule has 0 radical (unpaired) electrons. The Morgan fingerprint density at radius 2 is 1.96 bits per heavy atom. The Hall–Kier alpha value is -2.76. The van der Waals surface area contributed by atoms with E-state index in [2.05, 4.69) is 31.2 Å². The lowest BCUT2D eigenvalue weighted by molar-refractivity contribution is -0.112. The van der Waals surface area contributed by atoms with Crippen LogP contribution >= 0.6 is 15.9 Å². The summed E-state index contributed by atoms with van der Waals surface area (Å²) in [4.78, 5) is 23.0. The lowest BCUT2D eigenvalue weighted by atomic mass is 10.2. The molecule has 132 valence electrons. The van der Waals surface area contributed by atoms with Gasteiger partial charge in [-0.05, 0) is 34.1 Å². The van der Waals surface area contributed by atoms with Gasteiger partial charge in [-0.25, -0.2) is 9.97 Å². The molecule has 1 amide bonds. The normalized spacial score (nSPS) is 14.6. The summed E-state index contributed by atoms with van der Waals surface area (Å²) in [5.74, 6) is 0.123. The van der Waals surface area contributed by atoms with Crippen molar-refractivity contribution >= 4 is 39.5 Å². The average Bonchev–Trinajstić information content (AvgIpc) is 2.69. The third-order valence-corrected chi connectivity index (χ3v) is 4.44. The lowest BCUT2D eigenvalue weighted by Crippen LogP contribution is -2.37. The molecule has 0 spiro atoms. The van der Waals surface area contributed by atoms with E-state index in [-0.39, 0.29) is 5.57 Å². The van der Waals surface area contributed by atoms with Crippen molar-refractivity contribution in [2.75, 3.05) is 36.5 Å². The molecule has 1 aliphatic rings. The smallest absolute Gasteiger partial charge is 0.266 e. The van der Waals surface area contributed by atoms with Crippen molar-refractivity contribution in [3.8, 4) is 6.07 Å². The van der Waals surface area contributed by atoms with Crippen LogP contribution in [0.4, 0.5) is 11.6 Å². The molecular formula is C18H16BrN5O2. The first-order valence-electron chi connectivity index (χ1n) is 8.00. The summed E-state index contributed by atoms with van der Waals surface area (Å²) in [6, 6.07) is 9.12. The van der Waals surface area contributed by atoms with Gasteiger partial charge < -0.3 is 15.0 Å². The molecule has 0 bridgehead atoms. The number of rotatable bonds is 4. The third kappa shape index (κ3) is 4.45. The van der Waals surface area contributed by atoms with E-state index in [4.69, 9.17) is 4.74 Å². The van der Waals surface area contributed by atoms with Crippen molar-refractivity contribution < 1.29 is 9.53 Å². The molecule has 3 rings (SSSR count). The molecule has 0 aliphatic carbocycles. The number of carbonyl (C=O) groups is 1. The van der Waals surface area contributed by atoms with Crippen LogP contribution in [0.1, 0.15) is 5.56 Å². The topological polar surface area (TPSA) is 91.1 Å². The second-order valence-corrected chi connectivity index (χ2v) is 6.37. The summed E-state index contributed by atoms with van der Waals surface area (Å²) in [6.07, 6.45) is 4.66. The lowest BCUT2D eigenvalue weighted by Gasteiger charge is -2.26. The molecule has 0 saturated carbocycles. The van der Waals surface area contributed by atoms with Gasteiger partial charge in [-0.15, -0.1) is 0 Å². The molecule has 1 aromatic carbocycles. The number of halogens is 1. The van der Waals surface area contributed by atoms with Crippen LogP contribution < -0.4 is 10.2 Å². The van der Waals surface area contributed by atoms with Gasteiger partial charge >= 0.3 is 0 Å². The van der Waals surface area contributed by atoms with Crippen LogP contribution in [0.3, 0.4) is 0 Å². The molecule has 1 aromatic heterocycles. The fourth-order valence-corrected chi connectivity index (χ4v) is 2.78. The summed E-state index contributed by atoms with van der Waals surface area (Å²) < 4.78 is 6.04. The number of nitriles is 1. The van der Waals surface area contributed by atoms with Gasteiger partial charge in [-0.2, -0.15) is 5.26 Å². The molecule has 0 unspecified atom stereocenters. The second kappa shape index (κ2) is 8.56. The molecule has 0 atom stereocenters. The van der Waals surface area contributed by atoms with Crippen molar-refractivity contribution in [3.63, 3.8) is 0 Å². The van der Waals surface area contributed by atoms with Crippen LogP contribution in [-0.4, -0.2) is 42.2 Å². The number of nitrogens with one attached hydrogen (secondary N) is 1. The SMILES string of the molecule is N#C/C(=C\c1cnc(N2CCOCC2)nc1)C(=O)Nc1ccccc1Br. The number of para-hydroxylation sites is 1. The largest absolute Gasteiger partial charge is 0.378 e. The molecule has 2 aromatic rings. The zero-order valence-corrected chi connectivity index (χ0v) is 15.4. The summed E-state index contributed by atoms with van der Waals surface area (Å²) in [7, 11) is 0. The fourth-order valence-electron chi connectivity index (χ4n) is 2.40. The second-order valence-electron chi connectivity index (χ2n) is 5.52. The predicted octanol–water partition coefficient (Wildman–Crippen LogP) is 2.62. The highest BCUT2D eigenvalue weighted by molar-refractivity contribution is 9.10. The van der Waals surface area contributed by atoms with Crippen LogP contribution in [0, 0.1) is 11.3 Å². The number of nitrogens with zero attached hydrogens (tertiary/aromatic N) is 4. The number of carbonyl (C=O) groups excluding carboxylic acids is 1.